The second-order valence-corrected chi connectivity index (χ2v) is 4.15. The number of halogens is 3. The Bertz CT molecular complexity index is 741. The zero-order valence-electron chi connectivity index (χ0n) is 9.18. The average molecular weight is 250 g/mol. The third-order valence-electron chi connectivity index (χ3n) is 2.98. The van der Waals surface area contributed by atoms with Crippen LogP contribution in [0.15, 0.2) is 36.4 Å². The summed E-state index contributed by atoms with van der Waals surface area (Å²) in [5.74, 6) is 0. The number of fused-ring (bicyclic) bond motifs is 3. The lowest BCUT2D eigenvalue weighted by molar-refractivity contribution is -0.136. The van der Waals surface area contributed by atoms with Crippen LogP contribution in [0.4, 0.5) is 18.9 Å². The quantitative estimate of drug-likeness (QED) is 0.583. The van der Waals surface area contributed by atoms with Gasteiger partial charge >= 0.3 is 6.18 Å². The maximum absolute atomic E-state index is 12.7. The van der Waals surface area contributed by atoms with E-state index in [-0.39, 0.29) is 5.69 Å². The highest BCUT2D eigenvalue weighted by atomic mass is 19.4. The highest BCUT2D eigenvalue weighted by molar-refractivity contribution is 6.08. The molecule has 0 saturated heterocycles. The second-order valence-electron chi connectivity index (χ2n) is 4.15. The molecule has 0 aliphatic heterocycles. The summed E-state index contributed by atoms with van der Waals surface area (Å²) < 4.78 is 38.2. The van der Waals surface area contributed by atoms with Crippen LogP contribution in [-0.2, 0) is 6.18 Å². The van der Waals surface area contributed by atoms with Crippen molar-refractivity contribution in [2.45, 2.75) is 6.18 Å². The highest BCUT2D eigenvalue weighted by Gasteiger charge is 2.33. The van der Waals surface area contributed by atoms with Crippen molar-refractivity contribution < 1.29 is 13.2 Å². The molecule has 5 heteroatoms. The van der Waals surface area contributed by atoms with Gasteiger partial charge < -0.3 is 10.7 Å². The van der Waals surface area contributed by atoms with Crippen LogP contribution in [0.3, 0.4) is 0 Å². The summed E-state index contributed by atoms with van der Waals surface area (Å²) >= 11 is 0. The molecule has 2 aromatic carbocycles. The Balaban J connectivity index is 2.40. The Morgan fingerprint density at radius 2 is 1.67 bits per heavy atom. The number of anilines is 1. The van der Waals surface area contributed by atoms with Gasteiger partial charge in [-0.25, -0.2) is 0 Å². The van der Waals surface area contributed by atoms with Crippen molar-refractivity contribution >= 4 is 27.5 Å². The molecule has 1 aromatic heterocycles. The minimum absolute atomic E-state index is 0.250. The molecule has 0 amide bonds. The third-order valence-corrected chi connectivity index (χ3v) is 2.98. The largest absolute Gasteiger partial charge is 0.418 e. The summed E-state index contributed by atoms with van der Waals surface area (Å²) in [5.41, 5.74) is 5.67. The van der Waals surface area contributed by atoms with E-state index in [0.717, 1.165) is 17.0 Å². The summed E-state index contributed by atoms with van der Waals surface area (Å²) in [5, 5.41) is 1.57. The molecule has 1 heterocycles. The smallest absolute Gasteiger partial charge is 0.398 e. The normalized spacial score (nSPS) is 12.4. The van der Waals surface area contributed by atoms with Gasteiger partial charge in [0, 0.05) is 27.5 Å². The number of nitrogens with one attached hydrogen (secondary N) is 1. The lowest BCUT2D eigenvalue weighted by Crippen LogP contribution is -2.08. The number of nitrogen functional groups attached to an aromatic ring is 1. The van der Waals surface area contributed by atoms with Crippen molar-refractivity contribution in [2.75, 3.05) is 5.73 Å². The van der Waals surface area contributed by atoms with Crippen LogP contribution in [0.1, 0.15) is 5.56 Å². The molecule has 0 radical (unpaired) electrons. The summed E-state index contributed by atoms with van der Waals surface area (Å²) in [6.45, 7) is 0. The number of nitrogens with two attached hydrogens (primary N) is 1. The molecule has 0 spiro atoms. The molecule has 92 valence electrons. The first-order valence-electron chi connectivity index (χ1n) is 5.34. The van der Waals surface area contributed by atoms with E-state index in [0.29, 0.717) is 10.9 Å². The van der Waals surface area contributed by atoms with Crippen molar-refractivity contribution in [1.82, 2.24) is 4.98 Å². The van der Waals surface area contributed by atoms with Gasteiger partial charge in [0.25, 0.3) is 0 Å². The minimum Gasteiger partial charge on any atom is -0.398 e. The molecular formula is C13H9F3N2. The molecule has 0 atom stereocenters. The number of aromatic nitrogens is 1. The van der Waals surface area contributed by atoms with Crippen molar-refractivity contribution in [3.63, 3.8) is 0 Å². The zero-order valence-corrected chi connectivity index (χ0v) is 9.18. The second kappa shape index (κ2) is 3.41. The van der Waals surface area contributed by atoms with Crippen molar-refractivity contribution in [1.29, 1.82) is 0 Å². The van der Waals surface area contributed by atoms with Crippen LogP contribution >= 0.6 is 0 Å². The molecule has 2 nitrogen and oxygen atoms in total. The summed E-state index contributed by atoms with van der Waals surface area (Å²) in [6.07, 6.45) is -4.43. The Hall–Kier alpha value is -2.17. The van der Waals surface area contributed by atoms with E-state index in [4.69, 9.17) is 5.73 Å². The Labute approximate surface area is 100 Å². The van der Waals surface area contributed by atoms with E-state index in [9.17, 15) is 13.2 Å². The van der Waals surface area contributed by atoms with Crippen molar-refractivity contribution in [2.24, 2.45) is 0 Å². The number of rotatable bonds is 0. The predicted molar refractivity (Wildman–Crippen MR) is 65.2 cm³/mol. The van der Waals surface area contributed by atoms with E-state index in [1.165, 1.54) is 6.07 Å². The first kappa shape index (κ1) is 11.0. The molecule has 0 saturated carbocycles. The molecule has 0 aliphatic rings. The number of para-hydroxylation sites is 1. The molecule has 18 heavy (non-hydrogen) atoms. The van der Waals surface area contributed by atoms with E-state index >= 15 is 0 Å². The van der Waals surface area contributed by atoms with E-state index < -0.39 is 11.7 Å². The average Bonchev–Trinajstić information content (AvgIpc) is 2.65. The molecule has 0 bridgehead atoms. The summed E-state index contributed by atoms with van der Waals surface area (Å²) in [4.78, 5) is 2.96. The van der Waals surface area contributed by atoms with Gasteiger partial charge in [-0.3, -0.25) is 0 Å². The number of H-pyrrole nitrogens is 1. The first-order chi connectivity index (χ1) is 8.47. The highest BCUT2D eigenvalue weighted by Crippen LogP contribution is 2.37. The molecule has 3 aromatic rings. The fourth-order valence-electron chi connectivity index (χ4n) is 2.16. The lowest BCUT2D eigenvalue weighted by Gasteiger charge is -2.09. The van der Waals surface area contributed by atoms with Crippen LogP contribution in [0, 0.1) is 0 Å². The van der Waals surface area contributed by atoms with E-state index in [1.807, 2.05) is 24.3 Å². The number of alkyl halides is 3. The maximum atomic E-state index is 12.7. The third kappa shape index (κ3) is 1.51. The zero-order chi connectivity index (χ0) is 12.9. The number of benzene rings is 2. The summed E-state index contributed by atoms with van der Waals surface area (Å²) in [7, 11) is 0. The SMILES string of the molecule is Nc1cc2c(cc1C(F)(F)F)[nH]c1ccccc12. The van der Waals surface area contributed by atoms with Crippen LogP contribution in [-0.4, -0.2) is 4.98 Å². The van der Waals surface area contributed by atoms with Crippen LogP contribution in [0.5, 0.6) is 0 Å². The van der Waals surface area contributed by atoms with Gasteiger partial charge in [0.15, 0.2) is 0 Å². The number of hydrogen-bond donors (Lipinski definition) is 2. The maximum Gasteiger partial charge on any atom is 0.418 e. The molecule has 0 fully saturated rings. The predicted octanol–water partition coefficient (Wildman–Crippen LogP) is 3.92. The molecule has 3 rings (SSSR count). The van der Waals surface area contributed by atoms with Gasteiger partial charge in [0.2, 0.25) is 0 Å². The Morgan fingerprint density at radius 1 is 0.944 bits per heavy atom. The minimum atomic E-state index is -4.43. The van der Waals surface area contributed by atoms with Crippen molar-refractivity contribution in [3.05, 3.63) is 42.0 Å². The molecule has 3 N–H and O–H groups in total. The lowest BCUT2D eigenvalue weighted by atomic mass is 10.1. The van der Waals surface area contributed by atoms with E-state index in [1.54, 1.807) is 0 Å². The first-order valence-corrected chi connectivity index (χ1v) is 5.34. The van der Waals surface area contributed by atoms with Gasteiger partial charge in [-0.15, -0.1) is 0 Å². The molecule has 0 aliphatic carbocycles. The van der Waals surface area contributed by atoms with Crippen molar-refractivity contribution in [3.8, 4) is 0 Å². The van der Waals surface area contributed by atoms with Crippen LogP contribution in [0.2, 0.25) is 0 Å². The fourth-order valence-corrected chi connectivity index (χ4v) is 2.16. The molecular weight excluding hydrogens is 241 g/mol. The van der Waals surface area contributed by atoms with Gasteiger partial charge in [-0.2, -0.15) is 13.2 Å². The van der Waals surface area contributed by atoms with Gasteiger partial charge in [-0.1, -0.05) is 18.2 Å². The van der Waals surface area contributed by atoms with Gasteiger partial charge in [0.05, 0.1) is 5.56 Å². The monoisotopic (exact) mass is 250 g/mol. The van der Waals surface area contributed by atoms with Gasteiger partial charge in [-0.05, 0) is 18.2 Å². The number of hydrogen-bond acceptors (Lipinski definition) is 1. The topological polar surface area (TPSA) is 41.8 Å². The van der Waals surface area contributed by atoms with Gasteiger partial charge in [0.1, 0.15) is 0 Å². The Morgan fingerprint density at radius 3 is 2.39 bits per heavy atom. The number of aromatic amines is 1. The van der Waals surface area contributed by atoms with Crippen LogP contribution < -0.4 is 5.73 Å². The fraction of sp³-hybridized carbons (Fsp3) is 0.0769. The Kier molecular flexibility index (Phi) is 2.08. The van der Waals surface area contributed by atoms with E-state index in [2.05, 4.69) is 4.98 Å². The standard InChI is InChI=1S/C13H9F3N2/c14-13(15,16)9-6-12-8(5-10(9)17)7-3-1-2-4-11(7)18-12/h1-6,18H,17H2. The summed E-state index contributed by atoms with van der Waals surface area (Å²) in [6, 6.07) is 9.76. The molecule has 0 unspecified atom stereocenters. The van der Waals surface area contributed by atoms with Crippen LogP contribution in [0.25, 0.3) is 21.8 Å².